The summed E-state index contributed by atoms with van der Waals surface area (Å²) in [4.78, 5) is 13.4. The second-order valence-electron chi connectivity index (χ2n) is 4.84. The smallest absolute Gasteiger partial charge is 0.262 e. The van der Waals surface area contributed by atoms with E-state index in [1.54, 1.807) is 25.9 Å². The van der Waals surface area contributed by atoms with Crippen molar-refractivity contribution in [1.29, 1.82) is 0 Å². The number of aryl methyl sites for hydroxylation is 1. The Balaban J connectivity index is 2.89. The van der Waals surface area contributed by atoms with Crippen LogP contribution in [0.2, 0.25) is 0 Å². The maximum atomic E-state index is 11.9. The maximum absolute atomic E-state index is 11.9. The molecule has 4 nitrogen and oxygen atoms in total. The van der Waals surface area contributed by atoms with E-state index in [0.717, 1.165) is 30.0 Å². The topological polar surface area (TPSA) is 41.6 Å². The van der Waals surface area contributed by atoms with Gasteiger partial charge in [-0.15, -0.1) is 0 Å². The van der Waals surface area contributed by atoms with Crippen LogP contribution in [0.3, 0.4) is 0 Å². The third kappa shape index (κ3) is 4.24. The van der Waals surface area contributed by atoms with Crippen LogP contribution < -0.4 is 10.1 Å². The standard InChI is InChI=1S/C15H24N2O2/c1-6-16-10-13-9-7-8-11(2)14(13)19-12(3)15(18)17(4)5/h7-9,12,16H,6,10H2,1-5H3. The Labute approximate surface area is 115 Å². The molecule has 1 rings (SSSR count). The summed E-state index contributed by atoms with van der Waals surface area (Å²) in [6, 6.07) is 6.03. The number of carbonyl (C=O) groups excluding carboxylic acids is 1. The van der Waals surface area contributed by atoms with Gasteiger partial charge < -0.3 is 15.0 Å². The number of carbonyl (C=O) groups is 1. The summed E-state index contributed by atoms with van der Waals surface area (Å²) in [6.45, 7) is 7.49. The van der Waals surface area contributed by atoms with Gasteiger partial charge in [-0.25, -0.2) is 0 Å². The van der Waals surface area contributed by atoms with E-state index < -0.39 is 6.10 Å². The van der Waals surface area contributed by atoms with Crippen LogP contribution in [0.4, 0.5) is 0 Å². The predicted octanol–water partition coefficient (Wildman–Crippen LogP) is 1.96. The Morgan fingerprint density at radius 2 is 2.11 bits per heavy atom. The third-order valence-electron chi connectivity index (χ3n) is 2.94. The number of amides is 1. The summed E-state index contributed by atoms with van der Waals surface area (Å²) in [5.41, 5.74) is 2.13. The van der Waals surface area contributed by atoms with Crippen LogP contribution in [-0.4, -0.2) is 37.6 Å². The molecule has 0 aliphatic carbocycles. The highest BCUT2D eigenvalue weighted by Crippen LogP contribution is 2.24. The molecule has 1 aromatic carbocycles. The fourth-order valence-corrected chi connectivity index (χ4v) is 1.87. The number of nitrogens with one attached hydrogen (secondary N) is 1. The summed E-state index contributed by atoms with van der Waals surface area (Å²) in [7, 11) is 3.47. The molecule has 1 aromatic rings. The molecule has 0 heterocycles. The van der Waals surface area contributed by atoms with Gasteiger partial charge in [-0.3, -0.25) is 4.79 Å². The quantitative estimate of drug-likeness (QED) is 0.854. The number of ether oxygens (including phenoxy) is 1. The lowest BCUT2D eigenvalue weighted by Gasteiger charge is -2.21. The van der Waals surface area contributed by atoms with E-state index in [2.05, 4.69) is 12.2 Å². The highest BCUT2D eigenvalue weighted by molar-refractivity contribution is 5.80. The van der Waals surface area contributed by atoms with Crippen molar-refractivity contribution < 1.29 is 9.53 Å². The molecule has 0 aliphatic rings. The van der Waals surface area contributed by atoms with E-state index in [0.29, 0.717) is 0 Å². The zero-order chi connectivity index (χ0) is 14.4. The van der Waals surface area contributed by atoms with Gasteiger partial charge >= 0.3 is 0 Å². The number of benzene rings is 1. The molecule has 0 aliphatic heterocycles. The lowest BCUT2D eigenvalue weighted by atomic mass is 10.1. The van der Waals surface area contributed by atoms with Crippen molar-refractivity contribution in [3.8, 4) is 5.75 Å². The molecule has 0 aromatic heterocycles. The zero-order valence-electron chi connectivity index (χ0n) is 12.5. The minimum Gasteiger partial charge on any atom is -0.480 e. The highest BCUT2D eigenvalue weighted by Gasteiger charge is 2.18. The first-order valence-corrected chi connectivity index (χ1v) is 6.64. The lowest BCUT2D eigenvalue weighted by Crippen LogP contribution is -2.35. The molecule has 1 amide bonds. The lowest BCUT2D eigenvalue weighted by molar-refractivity contribution is -0.135. The molecule has 0 radical (unpaired) electrons. The zero-order valence-corrected chi connectivity index (χ0v) is 12.5. The van der Waals surface area contributed by atoms with Crippen LogP contribution in [-0.2, 0) is 11.3 Å². The van der Waals surface area contributed by atoms with Gasteiger partial charge in [0.15, 0.2) is 6.10 Å². The minimum absolute atomic E-state index is 0.0300. The number of likely N-dealkylation sites (N-methyl/N-ethyl adjacent to an activating group) is 1. The van der Waals surface area contributed by atoms with Gasteiger partial charge in [-0.1, -0.05) is 25.1 Å². The van der Waals surface area contributed by atoms with Gasteiger partial charge in [0.2, 0.25) is 0 Å². The van der Waals surface area contributed by atoms with E-state index in [1.165, 1.54) is 0 Å². The van der Waals surface area contributed by atoms with Crippen LogP contribution in [0, 0.1) is 6.92 Å². The maximum Gasteiger partial charge on any atom is 0.262 e. The molecule has 0 fully saturated rings. The van der Waals surface area contributed by atoms with Gasteiger partial charge in [0, 0.05) is 26.2 Å². The molecular formula is C15H24N2O2. The molecule has 0 bridgehead atoms. The molecule has 1 atom stereocenters. The van der Waals surface area contributed by atoms with Gasteiger partial charge in [0.1, 0.15) is 5.75 Å². The Morgan fingerprint density at radius 3 is 2.68 bits per heavy atom. The van der Waals surface area contributed by atoms with Crippen molar-refractivity contribution in [3.05, 3.63) is 29.3 Å². The van der Waals surface area contributed by atoms with E-state index in [-0.39, 0.29) is 5.91 Å². The molecule has 4 heteroatoms. The predicted molar refractivity (Wildman–Crippen MR) is 77.3 cm³/mol. The van der Waals surface area contributed by atoms with Crippen LogP contribution in [0.25, 0.3) is 0 Å². The number of nitrogens with zero attached hydrogens (tertiary/aromatic N) is 1. The summed E-state index contributed by atoms with van der Waals surface area (Å²) in [6.07, 6.45) is -0.475. The Morgan fingerprint density at radius 1 is 1.42 bits per heavy atom. The second kappa shape index (κ2) is 7.14. The van der Waals surface area contributed by atoms with Crippen molar-refractivity contribution in [3.63, 3.8) is 0 Å². The number of para-hydroxylation sites is 1. The number of rotatable bonds is 6. The third-order valence-corrected chi connectivity index (χ3v) is 2.94. The van der Waals surface area contributed by atoms with Gasteiger partial charge in [-0.2, -0.15) is 0 Å². The van der Waals surface area contributed by atoms with Crippen molar-refractivity contribution in [2.75, 3.05) is 20.6 Å². The Kier molecular flexibility index (Phi) is 5.83. The molecule has 1 unspecified atom stereocenters. The van der Waals surface area contributed by atoms with Crippen LogP contribution in [0.15, 0.2) is 18.2 Å². The van der Waals surface area contributed by atoms with Crippen LogP contribution >= 0.6 is 0 Å². The number of hydrogen-bond donors (Lipinski definition) is 1. The minimum atomic E-state index is -0.475. The molecule has 106 valence electrons. The second-order valence-corrected chi connectivity index (χ2v) is 4.84. The van der Waals surface area contributed by atoms with E-state index in [1.807, 2.05) is 25.1 Å². The van der Waals surface area contributed by atoms with Crippen molar-refractivity contribution >= 4 is 5.91 Å². The normalized spacial score (nSPS) is 12.1. The van der Waals surface area contributed by atoms with E-state index in [9.17, 15) is 4.79 Å². The first kappa shape index (κ1) is 15.5. The summed E-state index contributed by atoms with van der Waals surface area (Å²) in [5, 5.41) is 3.28. The van der Waals surface area contributed by atoms with Crippen molar-refractivity contribution in [2.45, 2.75) is 33.4 Å². The van der Waals surface area contributed by atoms with Crippen molar-refractivity contribution in [1.82, 2.24) is 10.2 Å². The molecule has 0 spiro atoms. The molecule has 19 heavy (non-hydrogen) atoms. The summed E-state index contributed by atoms with van der Waals surface area (Å²) in [5.74, 6) is 0.781. The fraction of sp³-hybridized carbons (Fsp3) is 0.533. The fourth-order valence-electron chi connectivity index (χ4n) is 1.87. The largest absolute Gasteiger partial charge is 0.480 e. The van der Waals surface area contributed by atoms with Gasteiger partial charge in [0.25, 0.3) is 5.91 Å². The highest BCUT2D eigenvalue weighted by atomic mass is 16.5. The average Bonchev–Trinajstić information content (AvgIpc) is 2.38. The van der Waals surface area contributed by atoms with E-state index >= 15 is 0 Å². The molecule has 1 N–H and O–H groups in total. The molecule has 0 saturated carbocycles. The summed E-state index contributed by atoms with van der Waals surface area (Å²) < 4.78 is 5.87. The molecular weight excluding hydrogens is 240 g/mol. The number of hydrogen-bond acceptors (Lipinski definition) is 3. The van der Waals surface area contributed by atoms with Crippen LogP contribution in [0.1, 0.15) is 25.0 Å². The van der Waals surface area contributed by atoms with E-state index in [4.69, 9.17) is 4.74 Å². The first-order chi connectivity index (χ1) is 8.97. The van der Waals surface area contributed by atoms with Gasteiger partial charge in [0.05, 0.1) is 0 Å². The summed E-state index contributed by atoms with van der Waals surface area (Å²) >= 11 is 0. The Hall–Kier alpha value is -1.55. The van der Waals surface area contributed by atoms with Crippen LogP contribution in [0.5, 0.6) is 5.75 Å². The first-order valence-electron chi connectivity index (χ1n) is 6.64. The van der Waals surface area contributed by atoms with Gasteiger partial charge in [-0.05, 0) is 26.0 Å². The SMILES string of the molecule is CCNCc1cccc(C)c1OC(C)C(=O)N(C)C. The average molecular weight is 264 g/mol. The molecule has 0 saturated heterocycles. The Bertz CT molecular complexity index is 430. The monoisotopic (exact) mass is 264 g/mol. The van der Waals surface area contributed by atoms with Crippen molar-refractivity contribution in [2.24, 2.45) is 0 Å².